The minimum Gasteiger partial charge on any atom is -0.304 e. The Balaban J connectivity index is 2.00. The van der Waals surface area contributed by atoms with Gasteiger partial charge in [-0.25, -0.2) is 8.42 Å². The molecule has 0 saturated heterocycles. The number of carbonyl (C=O) groups is 1. The second kappa shape index (κ2) is 4.98. The summed E-state index contributed by atoms with van der Waals surface area (Å²) in [5.41, 5.74) is 2.95. The summed E-state index contributed by atoms with van der Waals surface area (Å²) in [4.78, 5) is 14.3. The van der Waals surface area contributed by atoms with Crippen molar-refractivity contribution in [2.75, 3.05) is 10.7 Å². The van der Waals surface area contributed by atoms with Gasteiger partial charge in [-0.2, -0.15) is 0 Å². The van der Waals surface area contributed by atoms with Gasteiger partial charge in [-0.05, 0) is 56.0 Å². The van der Waals surface area contributed by atoms with Crippen molar-refractivity contribution in [1.29, 1.82) is 0 Å². The highest BCUT2D eigenvalue weighted by atomic mass is 32.2. The first-order chi connectivity index (χ1) is 9.85. The van der Waals surface area contributed by atoms with Crippen LogP contribution in [0, 0.1) is 19.8 Å². The third kappa shape index (κ3) is 3.02. The van der Waals surface area contributed by atoms with E-state index in [0.29, 0.717) is 0 Å². The standard InChI is InChI=1S/C16H19NO3S/c1-11-7-12(2)9-15(8-11)17(16(18)13-3-4-13)14-5-6-21(19,20)10-14/h5-9,13-14H,3-4,10H2,1-2H3. The maximum absolute atomic E-state index is 12.6. The summed E-state index contributed by atoms with van der Waals surface area (Å²) >= 11 is 0. The summed E-state index contributed by atoms with van der Waals surface area (Å²) in [6.45, 7) is 3.97. The molecule has 5 heteroatoms. The third-order valence-electron chi connectivity index (χ3n) is 3.89. The highest BCUT2D eigenvalue weighted by Crippen LogP contribution is 2.35. The van der Waals surface area contributed by atoms with Crippen molar-refractivity contribution in [3.8, 4) is 0 Å². The molecule has 1 unspecified atom stereocenters. The van der Waals surface area contributed by atoms with Crippen LogP contribution in [-0.2, 0) is 14.6 Å². The molecule has 1 saturated carbocycles. The molecule has 4 nitrogen and oxygen atoms in total. The van der Waals surface area contributed by atoms with E-state index in [9.17, 15) is 13.2 Å². The number of sulfone groups is 1. The fourth-order valence-corrected chi connectivity index (χ4v) is 4.09. The van der Waals surface area contributed by atoms with Crippen LogP contribution in [0.25, 0.3) is 0 Å². The first kappa shape index (κ1) is 14.3. The lowest BCUT2D eigenvalue weighted by Crippen LogP contribution is -2.42. The van der Waals surface area contributed by atoms with E-state index >= 15 is 0 Å². The van der Waals surface area contributed by atoms with E-state index in [0.717, 1.165) is 29.7 Å². The molecule has 0 N–H and O–H groups in total. The SMILES string of the molecule is Cc1cc(C)cc(N(C(=O)C2CC2)C2C=CS(=O)(=O)C2)c1. The Hall–Kier alpha value is -1.62. The fraction of sp³-hybridized carbons (Fsp3) is 0.438. The van der Waals surface area contributed by atoms with Crippen LogP contribution < -0.4 is 4.90 Å². The van der Waals surface area contributed by atoms with Crippen molar-refractivity contribution in [2.45, 2.75) is 32.7 Å². The summed E-state index contributed by atoms with van der Waals surface area (Å²) in [6, 6.07) is 5.56. The van der Waals surface area contributed by atoms with Gasteiger partial charge in [-0.15, -0.1) is 0 Å². The van der Waals surface area contributed by atoms with Gasteiger partial charge in [0, 0.05) is 17.0 Å². The second-order valence-corrected chi connectivity index (χ2v) is 7.99. The Morgan fingerprint density at radius 1 is 1.14 bits per heavy atom. The van der Waals surface area contributed by atoms with Crippen LogP contribution in [0.3, 0.4) is 0 Å². The lowest BCUT2D eigenvalue weighted by molar-refractivity contribution is -0.120. The maximum Gasteiger partial charge on any atom is 0.230 e. The second-order valence-electron chi connectivity index (χ2n) is 6.05. The average molecular weight is 305 g/mol. The van der Waals surface area contributed by atoms with Crippen LogP contribution in [0.5, 0.6) is 0 Å². The van der Waals surface area contributed by atoms with Gasteiger partial charge < -0.3 is 4.90 Å². The molecule has 1 amide bonds. The van der Waals surface area contributed by atoms with Crippen molar-refractivity contribution < 1.29 is 13.2 Å². The Morgan fingerprint density at radius 3 is 2.24 bits per heavy atom. The smallest absolute Gasteiger partial charge is 0.230 e. The van der Waals surface area contributed by atoms with Gasteiger partial charge in [-0.1, -0.05) is 6.07 Å². The van der Waals surface area contributed by atoms with Gasteiger partial charge >= 0.3 is 0 Å². The third-order valence-corrected chi connectivity index (χ3v) is 5.27. The van der Waals surface area contributed by atoms with E-state index in [1.165, 1.54) is 5.41 Å². The molecule has 1 aromatic rings. The van der Waals surface area contributed by atoms with Gasteiger partial charge in [0.25, 0.3) is 0 Å². The Bertz CT molecular complexity index is 697. The number of amides is 1. The van der Waals surface area contributed by atoms with Gasteiger partial charge in [0.1, 0.15) is 0 Å². The van der Waals surface area contributed by atoms with Crippen LogP contribution in [-0.4, -0.2) is 26.1 Å². The van der Waals surface area contributed by atoms with Gasteiger partial charge in [0.15, 0.2) is 9.84 Å². The Labute approximate surface area is 125 Å². The molecule has 0 spiro atoms. The number of carbonyl (C=O) groups excluding carboxylic acids is 1. The predicted octanol–water partition coefficient (Wildman–Crippen LogP) is 2.36. The van der Waals surface area contributed by atoms with Gasteiger partial charge in [0.05, 0.1) is 11.8 Å². The van der Waals surface area contributed by atoms with E-state index in [1.807, 2.05) is 32.0 Å². The van der Waals surface area contributed by atoms with Gasteiger partial charge in [-0.3, -0.25) is 4.79 Å². The largest absolute Gasteiger partial charge is 0.304 e. The highest BCUT2D eigenvalue weighted by molar-refractivity contribution is 7.94. The van der Waals surface area contributed by atoms with Crippen LogP contribution in [0.15, 0.2) is 29.7 Å². The molecule has 2 aliphatic rings. The quantitative estimate of drug-likeness (QED) is 0.861. The molecule has 0 aromatic heterocycles. The van der Waals surface area contributed by atoms with E-state index in [4.69, 9.17) is 0 Å². The van der Waals surface area contributed by atoms with E-state index in [2.05, 4.69) is 0 Å². The summed E-state index contributed by atoms with van der Waals surface area (Å²) in [5.74, 6) is 0.0904. The molecule has 3 rings (SSSR count). The maximum atomic E-state index is 12.6. The predicted molar refractivity (Wildman–Crippen MR) is 82.8 cm³/mol. The lowest BCUT2D eigenvalue weighted by Gasteiger charge is -2.28. The number of hydrogen-bond acceptors (Lipinski definition) is 3. The molecule has 0 radical (unpaired) electrons. The monoisotopic (exact) mass is 305 g/mol. The molecule has 0 bridgehead atoms. The number of nitrogens with zero attached hydrogens (tertiary/aromatic N) is 1. The van der Waals surface area contributed by atoms with Crippen LogP contribution in [0.2, 0.25) is 0 Å². The minimum atomic E-state index is -3.18. The van der Waals surface area contributed by atoms with Crippen molar-refractivity contribution in [1.82, 2.24) is 0 Å². The molecular formula is C16H19NO3S. The zero-order valence-electron chi connectivity index (χ0n) is 12.2. The van der Waals surface area contributed by atoms with Crippen LogP contribution in [0.4, 0.5) is 5.69 Å². The normalized spacial score (nSPS) is 23.2. The van der Waals surface area contributed by atoms with Crippen molar-refractivity contribution in [3.05, 3.63) is 40.8 Å². The zero-order valence-corrected chi connectivity index (χ0v) is 13.1. The van der Waals surface area contributed by atoms with Gasteiger partial charge in [0.2, 0.25) is 5.91 Å². The number of hydrogen-bond donors (Lipinski definition) is 0. The lowest BCUT2D eigenvalue weighted by atomic mass is 10.1. The summed E-state index contributed by atoms with van der Waals surface area (Å²) in [7, 11) is -3.18. The molecule has 1 aliphatic heterocycles. The van der Waals surface area contributed by atoms with E-state index in [-0.39, 0.29) is 23.6 Å². The molecule has 1 fully saturated rings. The highest BCUT2D eigenvalue weighted by Gasteiger charge is 2.39. The minimum absolute atomic E-state index is 0.0154. The van der Waals surface area contributed by atoms with Crippen LogP contribution >= 0.6 is 0 Å². The molecule has 1 heterocycles. The van der Waals surface area contributed by atoms with E-state index in [1.54, 1.807) is 11.0 Å². The fourth-order valence-electron chi connectivity index (χ4n) is 2.82. The molecule has 1 aromatic carbocycles. The number of aryl methyl sites for hydroxylation is 2. The zero-order chi connectivity index (χ0) is 15.2. The Kier molecular flexibility index (Phi) is 3.40. The van der Waals surface area contributed by atoms with Crippen molar-refractivity contribution in [2.24, 2.45) is 5.92 Å². The first-order valence-corrected chi connectivity index (χ1v) is 8.89. The summed E-state index contributed by atoms with van der Waals surface area (Å²) in [5, 5.41) is 1.23. The van der Waals surface area contributed by atoms with Crippen molar-refractivity contribution >= 4 is 21.4 Å². The van der Waals surface area contributed by atoms with Crippen molar-refractivity contribution in [3.63, 3.8) is 0 Å². The summed E-state index contributed by atoms with van der Waals surface area (Å²) in [6.07, 6.45) is 3.44. The van der Waals surface area contributed by atoms with E-state index < -0.39 is 9.84 Å². The van der Waals surface area contributed by atoms with Crippen LogP contribution in [0.1, 0.15) is 24.0 Å². The average Bonchev–Trinajstić information content (AvgIpc) is 3.14. The summed E-state index contributed by atoms with van der Waals surface area (Å²) < 4.78 is 23.4. The molecule has 1 atom stereocenters. The first-order valence-electron chi connectivity index (χ1n) is 7.18. The molecule has 1 aliphatic carbocycles. The molecule has 21 heavy (non-hydrogen) atoms. The number of rotatable bonds is 3. The Morgan fingerprint density at radius 2 is 1.76 bits per heavy atom. The molecule has 112 valence electrons. The number of benzene rings is 1. The topological polar surface area (TPSA) is 54.5 Å². The molecular weight excluding hydrogens is 286 g/mol. The number of anilines is 1.